The van der Waals surface area contributed by atoms with Crippen molar-refractivity contribution in [2.24, 2.45) is 10.8 Å². The molecule has 0 radical (unpaired) electrons. The molecule has 3 N–H and O–H groups in total. The smallest absolute Gasteiger partial charge is 0.309 e. The van der Waals surface area contributed by atoms with Gasteiger partial charge in [-0.3, -0.25) is 9.59 Å². The monoisotopic (exact) mass is 396 g/mol. The second kappa shape index (κ2) is 10.3. The lowest BCUT2D eigenvalue weighted by molar-refractivity contribution is -0.148. The van der Waals surface area contributed by atoms with Gasteiger partial charge in [-0.2, -0.15) is 0 Å². The van der Waals surface area contributed by atoms with E-state index in [0.717, 1.165) is 0 Å². The lowest BCUT2D eigenvalue weighted by Gasteiger charge is -2.19. The summed E-state index contributed by atoms with van der Waals surface area (Å²) in [5.41, 5.74) is -0.997. The molecule has 0 spiro atoms. The van der Waals surface area contributed by atoms with Crippen LogP contribution >= 0.6 is 0 Å². The number of aliphatic hydroxyl groups is 1. The first-order chi connectivity index (χ1) is 13.0. The molecule has 7 nitrogen and oxygen atoms in total. The van der Waals surface area contributed by atoms with Gasteiger partial charge < -0.3 is 24.8 Å². The Labute approximate surface area is 166 Å². The lowest BCUT2D eigenvalue weighted by atomic mass is 9.88. The Bertz CT molecular complexity index is 665. The van der Waals surface area contributed by atoms with Crippen molar-refractivity contribution in [3.63, 3.8) is 0 Å². The molecule has 1 rings (SSSR count). The Morgan fingerprint density at radius 1 is 0.893 bits per heavy atom. The van der Waals surface area contributed by atoms with Crippen LogP contribution in [0, 0.1) is 10.8 Å². The van der Waals surface area contributed by atoms with Crippen LogP contribution in [0.4, 0.5) is 0 Å². The van der Waals surface area contributed by atoms with Gasteiger partial charge in [-0.1, -0.05) is 0 Å². The van der Waals surface area contributed by atoms with Gasteiger partial charge >= 0.3 is 11.9 Å². The zero-order valence-corrected chi connectivity index (χ0v) is 17.2. The predicted molar refractivity (Wildman–Crippen MR) is 105 cm³/mol. The van der Waals surface area contributed by atoms with E-state index in [9.17, 15) is 14.7 Å². The first-order valence-electron chi connectivity index (χ1n) is 9.46. The van der Waals surface area contributed by atoms with Gasteiger partial charge in [0.2, 0.25) is 0 Å². The SMILES string of the molecule is CC(C)(CCCOc1ccc(OCCCC(C)(C)C(=O)O)c(CO)c1)C(=O)O. The highest BCUT2D eigenvalue weighted by molar-refractivity contribution is 5.73. The largest absolute Gasteiger partial charge is 0.494 e. The van der Waals surface area contributed by atoms with Crippen molar-refractivity contribution in [1.82, 2.24) is 0 Å². The molecule has 0 atom stereocenters. The molecule has 0 saturated carbocycles. The summed E-state index contributed by atoms with van der Waals surface area (Å²) < 4.78 is 11.3. The molecule has 0 bridgehead atoms. The Morgan fingerprint density at radius 3 is 1.86 bits per heavy atom. The fraction of sp³-hybridized carbons (Fsp3) is 0.619. The van der Waals surface area contributed by atoms with Gasteiger partial charge in [0.15, 0.2) is 0 Å². The third-order valence-electron chi connectivity index (χ3n) is 4.78. The van der Waals surface area contributed by atoms with Crippen LogP contribution in [-0.2, 0) is 16.2 Å². The molecular formula is C21H32O7. The minimum atomic E-state index is -0.836. The normalized spacial score (nSPS) is 11.9. The summed E-state index contributed by atoms with van der Waals surface area (Å²) in [6, 6.07) is 5.14. The summed E-state index contributed by atoms with van der Waals surface area (Å²) in [5, 5.41) is 27.8. The molecule has 0 aliphatic heterocycles. The molecule has 0 aliphatic rings. The van der Waals surface area contributed by atoms with Crippen LogP contribution < -0.4 is 9.47 Å². The van der Waals surface area contributed by atoms with E-state index >= 15 is 0 Å². The topological polar surface area (TPSA) is 113 Å². The van der Waals surface area contributed by atoms with Gasteiger partial charge in [0, 0.05) is 5.56 Å². The molecule has 0 unspecified atom stereocenters. The van der Waals surface area contributed by atoms with Crippen LogP contribution in [0.15, 0.2) is 18.2 Å². The van der Waals surface area contributed by atoms with Crippen molar-refractivity contribution in [3.8, 4) is 11.5 Å². The number of ether oxygens (including phenoxy) is 2. The van der Waals surface area contributed by atoms with Crippen LogP contribution in [0.3, 0.4) is 0 Å². The van der Waals surface area contributed by atoms with Gasteiger partial charge in [0.05, 0.1) is 30.7 Å². The summed E-state index contributed by atoms with van der Waals surface area (Å²) in [6.07, 6.45) is 2.18. The maximum Gasteiger partial charge on any atom is 0.309 e. The summed E-state index contributed by atoms with van der Waals surface area (Å²) in [7, 11) is 0. The molecule has 0 amide bonds. The van der Waals surface area contributed by atoms with E-state index < -0.39 is 22.8 Å². The predicted octanol–water partition coefficient (Wildman–Crippen LogP) is 3.72. The van der Waals surface area contributed by atoms with Crippen molar-refractivity contribution in [2.45, 2.75) is 60.0 Å². The Morgan fingerprint density at radius 2 is 1.39 bits per heavy atom. The van der Waals surface area contributed by atoms with Crippen LogP contribution in [0.2, 0.25) is 0 Å². The van der Waals surface area contributed by atoms with Crippen LogP contribution in [0.1, 0.15) is 58.9 Å². The first kappa shape index (κ1) is 23.8. The average Bonchev–Trinajstić information content (AvgIpc) is 2.62. The summed E-state index contributed by atoms with van der Waals surface area (Å²) in [4.78, 5) is 22.2. The molecular weight excluding hydrogens is 364 g/mol. The average molecular weight is 396 g/mol. The molecule has 158 valence electrons. The lowest BCUT2D eigenvalue weighted by Crippen LogP contribution is -2.24. The van der Waals surface area contributed by atoms with Gasteiger partial charge in [-0.15, -0.1) is 0 Å². The number of hydrogen-bond acceptors (Lipinski definition) is 5. The highest BCUT2D eigenvalue weighted by atomic mass is 16.5. The van der Waals surface area contributed by atoms with Crippen LogP contribution in [0.25, 0.3) is 0 Å². The zero-order chi connectivity index (χ0) is 21.4. The minimum Gasteiger partial charge on any atom is -0.494 e. The quantitative estimate of drug-likeness (QED) is 0.435. The molecule has 0 saturated heterocycles. The van der Waals surface area contributed by atoms with E-state index in [0.29, 0.717) is 56.0 Å². The standard InChI is InChI=1S/C21H32O7/c1-20(2,18(23)24)9-5-11-27-16-7-8-17(15(13-16)14-22)28-12-6-10-21(3,4)19(25)26/h7-8,13,22H,5-6,9-12,14H2,1-4H3,(H,23,24)(H,25,26). The van der Waals surface area contributed by atoms with E-state index in [2.05, 4.69) is 0 Å². The van der Waals surface area contributed by atoms with E-state index in [-0.39, 0.29) is 6.61 Å². The van der Waals surface area contributed by atoms with Crippen molar-refractivity contribution < 1.29 is 34.4 Å². The Hall–Kier alpha value is -2.28. The number of hydrogen-bond donors (Lipinski definition) is 3. The number of rotatable bonds is 13. The minimum absolute atomic E-state index is 0.209. The summed E-state index contributed by atoms with van der Waals surface area (Å²) in [6.45, 7) is 7.25. The van der Waals surface area contributed by atoms with Crippen LogP contribution in [0.5, 0.6) is 11.5 Å². The van der Waals surface area contributed by atoms with E-state index in [1.807, 2.05) is 0 Å². The first-order valence-corrected chi connectivity index (χ1v) is 9.46. The van der Waals surface area contributed by atoms with Crippen LogP contribution in [-0.4, -0.2) is 40.5 Å². The number of carbonyl (C=O) groups is 2. The second-order valence-electron chi connectivity index (χ2n) is 8.21. The van der Waals surface area contributed by atoms with Gasteiger partial charge in [0.1, 0.15) is 11.5 Å². The second-order valence-corrected chi connectivity index (χ2v) is 8.21. The number of aliphatic hydroxyl groups excluding tert-OH is 1. The highest BCUT2D eigenvalue weighted by Gasteiger charge is 2.27. The fourth-order valence-corrected chi connectivity index (χ4v) is 2.52. The van der Waals surface area contributed by atoms with Gasteiger partial charge in [-0.05, 0) is 71.6 Å². The van der Waals surface area contributed by atoms with E-state index in [1.165, 1.54) is 0 Å². The number of aliphatic carboxylic acids is 2. The molecule has 1 aromatic rings. The number of benzene rings is 1. The van der Waals surface area contributed by atoms with Gasteiger partial charge in [0.25, 0.3) is 0 Å². The molecule has 0 aromatic heterocycles. The molecule has 1 aromatic carbocycles. The molecule has 0 aliphatic carbocycles. The molecule has 7 heteroatoms. The molecule has 0 fully saturated rings. The van der Waals surface area contributed by atoms with E-state index in [4.69, 9.17) is 19.7 Å². The maximum atomic E-state index is 11.1. The summed E-state index contributed by atoms with van der Waals surface area (Å²) >= 11 is 0. The van der Waals surface area contributed by atoms with Crippen molar-refractivity contribution >= 4 is 11.9 Å². The third-order valence-corrected chi connectivity index (χ3v) is 4.78. The number of carboxylic acid groups (broad SMARTS) is 2. The zero-order valence-electron chi connectivity index (χ0n) is 17.2. The Kier molecular flexibility index (Phi) is 8.75. The number of carboxylic acids is 2. The highest BCUT2D eigenvalue weighted by Crippen LogP contribution is 2.27. The summed E-state index contributed by atoms with van der Waals surface area (Å²) in [5.74, 6) is -0.549. The molecule has 0 heterocycles. The van der Waals surface area contributed by atoms with Crippen molar-refractivity contribution in [2.75, 3.05) is 13.2 Å². The third kappa shape index (κ3) is 7.38. The van der Waals surface area contributed by atoms with Crippen molar-refractivity contribution in [3.05, 3.63) is 23.8 Å². The van der Waals surface area contributed by atoms with E-state index in [1.54, 1.807) is 45.9 Å². The Balaban J connectivity index is 2.51. The van der Waals surface area contributed by atoms with Crippen molar-refractivity contribution in [1.29, 1.82) is 0 Å². The van der Waals surface area contributed by atoms with Gasteiger partial charge in [-0.25, -0.2) is 0 Å². The fourth-order valence-electron chi connectivity index (χ4n) is 2.52. The molecule has 28 heavy (non-hydrogen) atoms. The maximum absolute atomic E-state index is 11.1.